The van der Waals surface area contributed by atoms with Gasteiger partial charge in [0.15, 0.2) is 11.5 Å². The molecule has 0 amide bonds. The summed E-state index contributed by atoms with van der Waals surface area (Å²) >= 11 is 6.41. The zero-order valence-electron chi connectivity index (χ0n) is 22.8. The molecular weight excluding hydrogens is 516 g/mol. The van der Waals surface area contributed by atoms with Crippen molar-refractivity contribution in [2.75, 3.05) is 0 Å². The lowest BCUT2D eigenvalue weighted by Crippen LogP contribution is -2.26. The molecular formula is C32H31ClO6. The van der Waals surface area contributed by atoms with Crippen molar-refractivity contribution in [3.8, 4) is 34.5 Å². The molecule has 0 atom stereocenters. The molecule has 6 nitrogen and oxygen atoms in total. The average molecular weight is 547 g/mol. The third-order valence-corrected chi connectivity index (χ3v) is 5.87. The number of ether oxygens (including phenoxy) is 4. The summed E-state index contributed by atoms with van der Waals surface area (Å²) in [7, 11) is 0. The molecule has 0 aliphatic carbocycles. The summed E-state index contributed by atoms with van der Waals surface area (Å²) in [5.41, 5.74) is -1.65. The second-order valence-electron chi connectivity index (χ2n) is 11.1. The molecule has 0 unspecified atom stereocenters. The number of benzene rings is 4. The standard InChI is InChI=1S/C32H31ClO6/c1-31(2,3)29(34)38-25-23-18-17-20(33)19-24(23)26(39-30(35)32(4,5)6)28(37-22-15-11-8-12-16-22)27(25)36-21-13-9-7-10-14-21/h7-19H,1-6H3. The highest BCUT2D eigenvalue weighted by Gasteiger charge is 2.33. The Bertz CT molecular complexity index is 1500. The van der Waals surface area contributed by atoms with Crippen molar-refractivity contribution in [1.29, 1.82) is 0 Å². The first-order valence-corrected chi connectivity index (χ1v) is 12.9. The van der Waals surface area contributed by atoms with E-state index >= 15 is 0 Å². The van der Waals surface area contributed by atoms with E-state index in [4.69, 9.17) is 30.5 Å². The van der Waals surface area contributed by atoms with Crippen molar-refractivity contribution < 1.29 is 28.5 Å². The van der Waals surface area contributed by atoms with Crippen LogP contribution in [0.3, 0.4) is 0 Å². The van der Waals surface area contributed by atoms with Crippen LogP contribution in [0.25, 0.3) is 10.8 Å². The maximum atomic E-state index is 13.2. The molecule has 0 aliphatic heterocycles. The monoisotopic (exact) mass is 546 g/mol. The van der Waals surface area contributed by atoms with Crippen molar-refractivity contribution >= 4 is 34.3 Å². The van der Waals surface area contributed by atoms with Gasteiger partial charge in [-0.2, -0.15) is 0 Å². The van der Waals surface area contributed by atoms with Crippen LogP contribution in [0.5, 0.6) is 34.5 Å². The maximum absolute atomic E-state index is 13.2. The Hall–Kier alpha value is -4.03. The molecule has 4 aromatic carbocycles. The molecule has 0 saturated carbocycles. The Morgan fingerprint density at radius 1 is 0.564 bits per heavy atom. The van der Waals surface area contributed by atoms with Crippen molar-refractivity contribution in [1.82, 2.24) is 0 Å². The van der Waals surface area contributed by atoms with E-state index in [2.05, 4.69) is 0 Å². The van der Waals surface area contributed by atoms with Crippen LogP contribution in [0.2, 0.25) is 5.02 Å². The first kappa shape index (κ1) is 28.0. The van der Waals surface area contributed by atoms with E-state index < -0.39 is 22.8 Å². The number of carbonyl (C=O) groups excluding carboxylic acids is 2. The van der Waals surface area contributed by atoms with E-state index in [1.807, 2.05) is 36.4 Å². The van der Waals surface area contributed by atoms with Gasteiger partial charge < -0.3 is 18.9 Å². The number of esters is 2. The van der Waals surface area contributed by atoms with Gasteiger partial charge >= 0.3 is 11.9 Å². The van der Waals surface area contributed by atoms with Crippen LogP contribution in [0, 0.1) is 10.8 Å². The molecule has 0 heterocycles. The number of rotatable bonds is 6. The number of hydrogen-bond acceptors (Lipinski definition) is 6. The lowest BCUT2D eigenvalue weighted by Gasteiger charge is -2.25. The lowest BCUT2D eigenvalue weighted by molar-refractivity contribution is -0.144. The van der Waals surface area contributed by atoms with Gasteiger partial charge in [0.1, 0.15) is 11.5 Å². The Morgan fingerprint density at radius 2 is 0.974 bits per heavy atom. The van der Waals surface area contributed by atoms with Crippen LogP contribution >= 0.6 is 11.6 Å². The third-order valence-electron chi connectivity index (χ3n) is 5.63. The first-order valence-electron chi connectivity index (χ1n) is 12.5. The molecule has 0 N–H and O–H groups in total. The number of hydrogen-bond donors (Lipinski definition) is 0. The van der Waals surface area contributed by atoms with Crippen LogP contribution < -0.4 is 18.9 Å². The Morgan fingerprint density at radius 3 is 1.38 bits per heavy atom. The fourth-order valence-corrected chi connectivity index (χ4v) is 3.62. The molecule has 7 heteroatoms. The topological polar surface area (TPSA) is 71.1 Å². The molecule has 4 aromatic rings. The Kier molecular flexibility index (Phi) is 7.89. The molecule has 4 rings (SSSR count). The highest BCUT2D eigenvalue weighted by Crippen LogP contribution is 2.55. The smallest absolute Gasteiger partial charge is 0.316 e. The van der Waals surface area contributed by atoms with Crippen LogP contribution in [0.1, 0.15) is 41.5 Å². The van der Waals surface area contributed by atoms with E-state index in [0.29, 0.717) is 27.3 Å². The highest BCUT2D eigenvalue weighted by molar-refractivity contribution is 6.31. The molecule has 39 heavy (non-hydrogen) atoms. The van der Waals surface area contributed by atoms with Gasteiger partial charge in [-0.3, -0.25) is 9.59 Å². The zero-order chi connectivity index (χ0) is 28.4. The molecule has 0 spiro atoms. The Balaban J connectivity index is 2.09. The molecule has 0 aromatic heterocycles. The second-order valence-corrected chi connectivity index (χ2v) is 11.6. The number of para-hydroxylation sites is 2. The van der Waals surface area contributed by atoms with Gasteiger partial charge in [-0.25, -0.2) is 0 Å². The first-order chi connectivity index (χ1) is 18.3. The molecule has 0 fully saturated rings. The van der Waals surface area contributed by atoms with Crippen LogP contribution in [-0.2, 0) is 9.59 Å². The summed E-state index contributed by atoms with van der Waals surface area (Å²) < 4.78 is 24.7. The highest BCUT2D eigenvalue weighted by atomic mass is 35.5. The minimum absolute atomic E-state index is 0.0640. The molecule has 0 radical (unpaired) electrons. The fourth-order valence-electron chi connectivity index (χ4n) is 3.45. The normalized spacial score (nSPS) is 11.7. The largest absolute Gasteiger partial charge is 0.449 e. The fraction of sp³-hybridized carbons (Fsp3) is 0.250. The van der Waals surface area contributed by atoms with Crippen molar-refractivity contribution in [2.45, 2.75) is 41.5 Å². The van der Waals surface area contributed by atoms with Gasteiger partial charge in [0, 0.05) is 15.8 Å². The number of halogens is 1. The summed E-state index contributed by atoms with van der Waals surface area (Å²) in [6, 6.07) is 23.0. The van der Waals surface area contributed by atoms with E-state index in [0.717, 1.165) is 0 Å². The second kappa shape index (κ2) is 11.0. The van der Waals surface area contributed by atoms with E-state index in [1.54, 1.807) is 84.0 Å². The minimum atomic E-state index is -0.827. The van der Waals surface area contributed by atoms with Gasteiger partial charge in [0.2, 0.25) is 11.5 Å². The average Bonchev–Trinajstić information content (AvgIpc) is 2.87. The van der Waals surface area contributed by atoms with E-state index in [9.17, 15) is 9.59 Å². The number of carbonyl (C=O) groups is 2. The minimum Gasteiger partial charge on any atom is -0.449 e. The van der Waals surface area contributed by atoms with Gasteiger partial charge in [-0.1, -0.05) is 48.0 Å². The molecule has 202 valence electrons. The van der Waals surface area contributed by atoms with Crippen LogP contribution in [-0.4, -0.2) is 11.9 Å². The molecule has 0 saturated heterocycles. The summed E-state index contributed by atoms with van der Waals surface area (Å²) in [5, 5.41) is 1.27. The lowest BCUT2D eigenvalue weighted by atomic mass is 9.97. The summed E-state index contributed by atoms with van der Waals surface area (Å²) in [6.07, 6.45) is 0. The summed E-state index contributed by atoms with van der Waals surface area (Å²) in [6.45, 7) is 10.5. The summed E-state index contributed by atoms with van der Waals surface area (Å²) in [4.78, 5) is 26.4. The van der Waals surface area contributed by atoms with Gasteiger partial charge in [0.25, 0.3) is 0 Å². The predicted octanol–water partition coefficient (Wildman–Crippen LogP) is 8.98. The van der Waals surface area contributed by atoms with E-state index in [1.165, 1.54) is 0 Å². The summed E-state index contributed by atoms with van der Waals surface area (Å²) in [5.74, 6) is 0.296. The third kappa shape index (κ3) is 6.52. The van der Waals surface area contributed by atoms with Crippen LogP contribution in [0.15, 0.2) is 78.9 Å². The Labute approximate surface area is 233 Å². The number of fused-ring (bicyclic) bond motifs is 1. The predicted molar refractivity (Wildman–Crippen MR) is 152 cm³/mol. The van der Waals surface area contributed by atoms with E-state index in [-0.39, 0.29) is 23.0 Å². The van der Waals surface area contributed by atoms with Gasteiger partial charge in [0.05, 0.1) is 10.8 Å². The van der Waals surface area contributed by atoms with Crippen molar-refractivity contribution in [3.63, 3.8) is 0 Å². The van der Waals surface area contributed by atoms with Crippen molar-refractivity contribution in [2.24, 2.45) is 10.8 Å². The van der Waals surface area contributed by atoms with Crippen molar-refractivity contribution in [3.05, 3.63) is 83.9 Å². The van der Waals surface area contributed by atoms with Gasteiger partial charge in [-0.15, -0.1) is 0 Å². The maximum Gasteiger partial charge on any atom is 0.316 e. The molecule has 0 aliphatic rings. The SMILES string of the molecule is CC(C)(C)C(=O)Oc1c(Oc2ccccc2)c(Oc2ccccc2)c(OC(=O)C(C)(C)C)c2cc(Cl)ccc12. The quantitative estimate of drug-likeness (QED) is 0.177. The molecule has 0 bridgehead atoms. The van der Waals surface area contributed by atoms with Gasteiger partial charge in [-0.05, 0) is 84.0 Å². The zero-order valence-corrected chi connectivity index (χ0v) is 23.6. The van der Waals surface area contributed by atoms with Crippen LogP contribution in [0.4, 0.5) is 0 Å².